The molecule has 4 bridgehead atoms. The lowest BCUT2D eigenvalue weighted by molar-refractivity contribution is -0.138. The van der Waals surface area contributed by atoms with Crippen molar-refractivity contribution in [3.8, 4) is 6.07 Å². The zero-order chi connectivity index (χ0) is 27.7. The SMILES string of the molecule is CCOC(=O)C1=C(C)NC(SCC(=O)NC23CC4CC(CC(C4)C2)C3)=C(C#N)C1c1ccc(C(=O)OC)cc1. The van der Waals surface area contributed by atoms with Crippen LogP contribution in [0.2, 0.25) is 0 Å². The van der Waals surface area contributed by atoms with Crippen LogP contribution in [0.5, 0.6) is 0 Å². The van der Waals surface area contributed by atoms with Gasteiger partial charge in [0, 0.05) is 11.2 Å². The first-order valence-corrected chi connectivity index (χ1v) is 14.7. The van der Waals surface area contributed by atoms with Gasteiger partial charge in [-0.25, -0.2) is 9.59 Å². The summed E-state index contributed by atoms with van der Waals surface area (Å²) in [5, 5.41) is 17.4. The maximum atomic E-state index is 13.2. The number of carbonyl (C=O) groups excluding carboxylic acids is 3. The molecule has 4 saturated carbocycles. The molecule has 1 aromatic carbocycles. The van der Waals surface area contributed by atoms with Crippen LogP contribution in [0.3, 0.4) is 0 Å². The van der Waals surface area contributed by atoms with Crippen molar-refractivity contribution in [2.24, 2.45) is 17.8 Å². The van der Waals surface area contributed by atoms with E-state index >= 15 is 0 Å². The Hall–Kier alpha value is -3.25. The molecule has 1 amide bonds. The van der Waals surface area contributed by atoms with Gasteiger partial charge in [-0.1, -0.05) is 23.9 Å². The van der Waals surface area contributed by atoms with Crippen molar-refractivity contribution >= 4 is 29.6 Å². The van der Waals surface area contributed by atoms with Gasteiger partial charge in [0.25, 0.3) is 0 Å². The molecule has 0 radical (unpaired) electrons. The van der Waals surface area contributed by atoms with Gasteiger partial charge in [0.05, 0.1) is 53.2 Å². The summed E-state index contributed by atoms with van der Waals surface area (Å²) in [5.41, 5.74) is 2.20. The van der Waals surface area contributed by atoms with Crippen LogP contribution in [-0.2, 0) is 19.1 Å². The van der Waals surface area contributed by atoms with Crippen LogP contribution in [0, 0.1) is 29.1 Å². The number of nitriles is 1. The van der Waals surface area contributed by atoms with E-state index < -0.39 is 17.9 Å². The normalized spacial score (nSPS) is 29.0. The van der Waals surface area contributed by atoms with Gasteiger partial charge in [0.15, 0.2) is 0 Å². The zero-order valence-corrected chi connectivity index (χ0v) is 23.5. The molecule has 4 fully saturated rings. The Morgan fingerprint density at radius 2 is 1.69 bits per heavy atom. The average Bonchev–Trinajstić information content (AvgIpc) is 2.90. The number of amides is 1. The van der Waals surface area contributed by atoms with Gasteiger partial charge >= 0.3 is 11.9 Å². The number of nitrogens with zero attached hydrogens (tertiary/aromatic N) is 1. The Balaban J connectivity index is 1.37. The fourth-order valence-electron chi connectivity index (χ4n) is 7.50. The van der Waals surface area contributed by atoms with Gasteiger partial charge in [-0.2, -0.15) is 5.26 Å². The van der Waals surface area contributed by atoms with E-state index in [1.807, 2.05) is 0 Å². The van der Waals surface area contributed by atoms with E-state index in [4.69, 9.17) is 9.47 Å². The zero-order valence-electron chi connectivity index (χ0n) is 22.7. The number of hydrogen-bond donors (Lipinski definition) is 2. The monoisotopic (exact) mass is 549 g/mol. The van der Waals surface area contributed by atoms with Crippen LogP contribution in [-0.4, -0.2) is 42.9 Å². The third kappa shape index (κ3) is 5.44. The number of thioether (sulfide) groups is 1. The minimum atomic E-state index is -0.698. The van der Waals surface area contributed by atoms with Crippen LogP contribution in [0.25, 0.3) is 0 Å². The molecule has 1 aromatic rings. The summed E-state index contributed by atoms with van der Waals surface area (Å²) in [7, 11) is 1.31. The molecule has 206 valence electrons. The third-order valence-electron chi connectivity index (χ3n) is 8.60. The Bertz CT molecular complexity index is 1240. The van der Waals surface area contributed by atoms with Crippen molar-refractivity contribution in [1.29, 1.82) is 5.26 Å². The Morgan fingerprint density at radius 1 is 1.08 bits per heavy atom. The lowest BCUT2D eigenvalue weighted by Gasteiger charge is -2.56. The highest BCUT2D eigenvalue weighted by Crippen LogP contribution is 2.55. The third-order valence-corrected chi connectivity index (χ3v) is 9.62. The maximum Gasteiger partial charge on any atom is 0.337 e. The highest BCUT2D eigenvalue weighted by Gasteiger charge is 2.51. The van der Waals surface area contributed by atoms with Gasteiger partial charge in [0.1, 0.15) is 0 Å². The van der Waals surface area contributed by atoms with Gasteiger partial charge in [-0.15, -0.1) is 0 Å². The molecule has 1 aliphatic heterocycles. The van der Waals surface area contributed by atoms with E-state index in [9.17, 15) is 19.6 Å². The molecule has 1 atom stereocenters. The molecule has 39 heavy (non-hydrogen) atoms. The van der Waals surface area contributed by atoms with Crippen LogP contribution >= 0.6 is 11.8 Å². The molecule has 0 spiro atoms. The predicted molar refractivity (Wildman–Crippen MR) is 147 cm³/mol. The number of hydrogen-bond acceptors (Lipinski definition) is 8. The molecule has 0 aromatic heterocycles. The fraction of sp³-hybridized carbons (Fsp3) is 0.533. The molecule has 4 aliphatic carbocycles. The molecule has 1 unspecified atom stereocenters. The van der Waals surface area contributed by atoms with E-state index in [-0.39, 0.29) is 23.8 Å². The van der Waals surface area contributed by atoms with Crippen molar-refractivity contribution < 1.29 is 23.9 Å². The summed E-state index contributed by atoms with van der Waals surface area (Å²) in [6, 6.07) is 8.94. The van der Waals surface area contributed by atoms with Gasteiger partial charge < -0.3 is 20.1 Å². The summed E-state index contributed by atoms with van der Waals surface area (Å²) in [6.07, 6.45) is 7.16. The minimum Gasteiger partial charge on any atom is -0.465 e. The topological polar surface area (TPSA) is 118 Å². The van der Waals surface area contributed by atoms with Crippen molar-refractivity contribution in [3.05, 3.63) is 57.3 Å². The lowest BCUT2D eigenvalue weighted by atomic mass is 9.53. The molecular formula is C30H35N3O5S. The molecule has 8 nitrogen and oxygen atoms in total. The van der Waals surface area contributed by atoms with Crippen LogP contribution in [0.4, 0.5) is 0 Å². The van der Waals surface area contributed by atoms with E-state index in [2.05, 4.69) is 16.7 Å². The number of dihydropyridines is 1. The molecule has 0 saturated heterocycles. The quantitative estimate of drug-likeness (QED) is 0.454. The first-order chi connectivity index (χ1) is 18.8. The number of allylic oxidation sites excluding steroid dienone is 2. The van der Waals surface area contributed by atoms with Gasteiger partial charge in [-0.3, -0.25) is 4.79 Å². The van der Waals surface area contributed by atoms with Crippen molar-refractivity contribution in [1.82, 2.24) is 10.6 Å². The highest BCUT2D eigenvalue weighted by atomic mass is 32.2. The van der Waals surface area contributed by atoms with E-state index in [1.165, 1.54) is 38.1 Å². The largest absolute Gasteiger partial charge is 0.465 e. The Labute approximate surface area is 233 Å². The molecule has 6 rings (SSSR count). The number of benzene rings is 1. The first-order valence-electron chi connectivity index (χ1n) is 13.7. The number of carbonyl (C=O) groups is 3. The molecule has 2 N–H and O–H groups in total. The summed E-state index contributed by atoms with van der Waals surface area (Å²) >= 11 is 1.28. The molecule has 5 aliphatic rings. The average molecular weight is 550 g/mol. The number of methoxy groups -OCH3 is 1. The van der Waals surface area contributed by atoms with E-state index in [0.717, 1.165) is 37.0 Å². The van der Waals surface area contributed by atoms with Crippen LogP contribution in [0.15, 0.2) is 46.1 Å². The van der Waals surface area contributed by atoms with E-state index in [1.54, 1.807) is 38.1 Å². The smallest absolute Gasteiger partial charge is 0.337 e. The van der Waals surface area contributed by atoms with Crippen LogP contribution < -0.4 is 10.6 Å². The second-order valence-electron chi connectivity index (χ2n) is 11.3. The van der Waals surface area contributed by atoms with Crippen molar-refractivity contribution in [2.45, 2.75) is 63.8 Å². The second-order valence-corrected chi connectivity index (χ2v) is 12.3. The standard InChI is InChI=1S/C30H35N3O5S/c1-4-38-29(36)25-17(2)32-27(23(15-31)26(25)21-5-7-22(8-6-21)28(35)37-3)39-16-24(34)33-30-12-18-9-19(13-30)11-20(10-18)14-30/h5-8,18-20,26,32H,4,9-14,16H2,1-3H3,(H,33,34). The highest BCUT2D eigenvalue weighted by molar-refractivity contribution is 8.03. The van der Waals surface area contributed by atoms with Crippen molar-refractivity contribution in [3.63, 3.8) is 0 Å². The summed E-state index contributed by atoms with van der Waals surface area (Å²) in [4.78, 5) is 38.1. The Morgan fingerprint density at radius 3 is 2.23 bits per heavy atom. The van der Waals surface area contributed by atoms with Crippen molar-refractivity contribution in [2.75, 3.05) is 19.5 Å². The second kappa shape index (κ2) is 11.1. The summed E-state index contributed by atoms with van der Waals surface area (Å²) < 4.78 is 10.1. The minimum absolute atomic E-state index is 0.0228. The van der Waals surface area contributed by atoms with E-state index in [0.29, 0.717) is 33.0 Å². The summed E-state index contributed by atoms with van der Waals surface area (Å²) in [6.45, 7) is 3.70. The molecule has 9 heteroatoms. The number of esters is 2. The van der Waals surface area contributed by atoms with Crippen LogP contribution in [0.1, 0.15) is 74.2 Å². The maximum absolute atomic E-state index is 13.2. The number of rotatable bonds is 8. The predicted octanol–water partition coefficient (Wildman–Crippen LogP) is 4.55. The number of ether oxygens (including phenoxy) is 2. The fourth-order valence-corrected chi connectivity index (χ4v) is 8.39. The number of nitrogens with one attached hydrogen (secondary N) is 2. The first kappa shape index (κ1) is 27.3. The lowest BCUT2D eigenvalue weighted by Crippen LogP contribution is -2.60. The summed E-state index contributed by atoms with van der Waals surface area (Å²) in [5.74, 6) is 0.668. The molecular weight excluding hydrogens is 514 g/mol. The molecule has 1 heterocycles. The van der Waals surface area contributed by atoms with Gasteiger partial charge in [-0.05, 0) is 87.8 Å². The van der Waals surface area contributed by atoms with Gasteiger partial charge in [0.2, 0.25) is 5.91 Å². The Kier molecular flexibility index (Phi) is 7.77.